The van der Waals surface area contributed by atoms with Crippen LogP contribution in [0.4, 0.5) is 0 Å². The molecule has 1 heterocycles. The minimum Gasteiger partial charge on any atom is -0.507 e. The van der Waals surface area contributed by atoms with Crippen LogP contribution in [-0.2, 0) is 4.79 Å². The molecule has 0 spiro atoms. The van der Waals surface area contributed by atoms with Crippen LogP contribution < -0.4 is 5.32 Å². The van der Waals surface area contributed by atoms with Crippen LogP contribution in [0.1, 0.15) is 31.2 Å². The second-order valence-electron chi connectivity index (χ2n) is 5.15. The monoisotopic (exact) mass is 366 g/mol. The van der Waals surface area contributed by atoms with Crippen molar-refractivity contribution in [3.05, 3.63) is 33.1 Å². The zero-order chi connectivity index (χ0) is 14.8. The molecule has 1 aliphatic carbocycles. The van der Waals surface area contributed by atoms with Gasteiger partial charge < -0.3 is 10.4 Å². The summed E-state index contributed by atoms with van der Waals surface area (Å²) in [5.41, 5.74) is 0.861. The van der Waals surface area contributed by atoms with E-state index in [0.717, 1.165) is 18.4 Å². The van der Waals surface area contributed by atoms with Crippen LogP contribution in [0.25, 0.3) is 6.08 Å². The van der Waals surface area contributed by atoms with Crippen molar-refractivity contribution < 1.29 is 9.90 Å². The maximum Gasteiger partial charge on any atom is 0.264 e. The zero-order valence-corrected chi connectivity index (χ0v) is 13.7. The maximum absolute atomic E-state index is 12.0. The second-order valence-corrected chi connectivity index (χ2v) is 7.03. The Labute approximate surface area is 135 Å². The first-order valence-electron chi connectivity index (χ1n) is 6.89. The topological polar surface area (TPSA) is 61.7 Å². The standard InChI is InChI=1S/C15H15BrN2O2S/c16-11-7-9(5-6-12(11)19)8-13-14(20)18-15(21-13)17-10-3-1-2-4-10/h5-8,10,19H,1-4H2,(H,17,18,20)/b13-8-. The molecule has 1 amide bonds. The number of carbonyl (C=O) groups is 1. The van der Waals surface area contributed by atoms with E-state index in [-0.39, 0.29) is 11.7 Å². The predicted molar refractivity (Wildman–Crippen MR) is 89.2 cm³/mol. The Morgan fingerprint density at radius 2 is 2.14 bits per heavy atom. The summed E-state index contributed by atoms with van der Waals surface area (Å²) in [5.74, 6) is 0.0742. The molecule has 0 bridgehead atoms. The molecule has 0 unspecified atom stereocenters. The number of rotatable bonds is 2. The summed E-state index contributed by atoms with van der Waals surface area (Å²) in [5, 5.41) is 13.0. The number of aliphatic imine (C=N–C) groups is 1. The fourth-order valence-electron chi connectivity index (χ4n) is 2.45. The normalized spacial score (nSPS) is 23.2. The third kappa shape index (κ3) is 3.49. The van der Waals surface area contributed by atoms with Gasteiger partial charge in [-0.05, 0) is 64.3 Å². The molecule has 2 N–H and O–H groups in total. The van der Waals surface area contributed by atoms with E-state index in [0.29, 0.717) is 20.6 Å². The molecule has 1 saturated carbocycles. The highest BCUT2D eigenvalue weighted by Crippen LogP contribution is 2.31. The van der Waals surface area contributed by atoms with Crippen LogP contribution in [0.3, 0.4) is 0 Å². The molecule has 2 fully saturated rings. The van der Waals surface area contributed by atoms with Crippen molar-refractivity contribution in [1.82, 2.24) is 5.32 Å². The van der Waals surface area contributed by atoms with Crippen molar-refractivity contribution in [3.8, 4) is 5.75 Å². The van der Waals surface area contributed by atoms with Gasteiger partial charge in [-0.2, -0.15) is 0 Å². The van der Waals surface area contributed by atoms with Crippen LogP contribution in [0.5, 0.6) is 5.75 Å². The molecule has 0 radical (unpaired) electrons. The highest BCUT2D eigenvalue weighted by Gasteiger charge is 2.25. The number of benzene rings is 1. The van der Waals surface area contributed by atoms with E-state index in [1.807, 2.05) is 0 Å². The lowest BCUT2D eigenvalue weighted by atomic mass is 10.2. The predicted octanol–water partition coefficient (Wildman–Crippen LogP) is 3.66. The van der Waals surface area contributed by atoms with E-state index >= 15 is 0 Å². The van der Waals surface area contributed by atoms with E-state index in [1.165, 1.54) is 24.6 Å². The molecule has 4 nitrogen and oxygen atoms in total. The van der Waals surface area contributed by atoms with Gasteiger partial charge in [0.2, 0.25) is 0 Å². The summed E-state index contributed by atoms with van der Waals surface area (Å²) >= 11 is 4.65. The largest absolute Gasteiger partial charge is 0.507 e. The van der Waals surface area contributed by atoms with Gasteiger partial charge in [0.15, 0.2) is 5.17 Å². The lowest BCUT2D eigenvalue weighted by Gasteiger charge is -2.02. The molecular formula is C15H15BrN2O2S. The average Bonchev–Trinajstić information content (AvgIpc) is 3.05. The number of phenolic OH excluding ortho intramolecular Hbond substituents is 1. The van der Waals surface area contributed by atoms with Crippen molar-refractivity contribution in [2.75, 3.05) is 0 Å². The molecule has 6 heteroatoms. The Kier molecular flexibility index (Phi) is 4.35. The van der Waals surface area contributed by atoms with Crippen LogP contribution >= 0.6 is 27.7 Å². The lowest BCUT2D eigenvalue weighted by molar-refractivity contribution is -0.115. The van der Waals surface area contributed by atoms with E-state index in [4.69, 9.17) is 0 Å². The smallest absolute Gasteiger partial charge is 0.264 e. The summed E-state index contributed by atoms with van der Waals surface area (Å²) in [6, 6.07) is 5.51. The second kappa shape index (κ2) is 6.23. The number of amides is 1. The van der Waals surface area contributed by atoms with Crippen LogP contribution in [0.2, 0.25) is 0 Å². The number of halogens is 1. The van der Waals surface area contributed by atoms with Crippen molar-refractivity contribution in [2.24, 2.45) is 4.99 Å². The molecule has 1 aromatic rings. The summed E-state index contributed by atoms with van der Waals surface area (Å²) in [7, 11) is 0. The van der Waals surface area contributed by atoms with Gasteiger partial charge in [0.05, 0.1) is 15.4 Å². The number of aromatic hydroxyl groups is 1. The number of phenols is 1. The molecule has 1 aliphatic heterocycles. The Morgan fingerprint density at radius 3 is 2.86 bits per heavy atom. The molecule has 1 saturated heterocycles. The molecule has 21 heavy (non-hydrogen) atoms. The Bertz CT molecular complexity index is 637. The van der Waals surface area contributed by atoms with Crippen molar-refractivity contribution >= 4 is 44.8 Å². The van der Waals surface area contributed by atoms with Gasteiger partial charge >= 0.3 is 0 Å². The number of amidine groups is 1. The third-order valence-corrected chi connectivity index (χ3v) is 5.10. The quantitative estimate of drug-likeness (QED) is 0.785. The Hall–Kier alpha value is -1.27. The van der Waals surface area contributed by atoms with E-state index in [1.54, 1.807) is 24.3 Å². The van der Waals surface area contributed by atoms with Crippen molar-refractivity contribution in [2.45, 2.75) is 31.7 Å². The molecule has 110 valence electrons. The fourth-order valence-corrected chi connectivity index (χ4v) is 3.74. The average molecular weight is 367 g/mol. The van der Waals surface area contributed by atoms with Crippen LogP contribution in [-0.4, -0.2) is 22.2 Å². The van der Waals surface area contributed by atoms with Gasteiger partial charge in [-0.1, -0.05) is 18.9 Å². The van der Waals surface area contributed by atoms with Gasteiger partial charge in [-0.15, -0.1) is 0 Å². The first kappa shape index (κ1) is 14.7. The number of hydrogen-bond donors (Lipinski definition) is 2. The third-order valence-electron chi connectivity index (χ3n) is 3.54. The fraction of sp³-hybridized carbons (Fsp3) is 0.333. The van der Waals surface area contributed by atoms with Gasteiger partial charge in [0.25, 0.3) is 5.91 Å². The number of nitrogens with zero attached hydrogens (tertiary/aromatic N) is 1. The molecule has 0 atom stereocenters. The number of hydrogen-bond acceptors (Lipinski definition) is 4. The van der Waals surface area contributed by atoms with Gasteiger partial charge in [0.1, 0.15) is 5.75 Å². The highest BCUT2D eigenvalue weighted by molar-refractivity contribution is 9.10. The van der Waals surface area contributed by atoms with Crippen LogP contribution in [0.15, 0.2) is 32.6 Å². The molecule has 2 aliphatic rings. The Morgan fingerprint density at radius 1 is 1.38 bits per heavy atom. The molecule has 3 rings (SSSR count). The summed E-state index contributed by atoms with van der Waals surface area (Å²) in [4.78, 5) is 17.2. The van der Waals surface area contributed by atoms with E-state index in [9.17, 15) is 9.90 Å². The lowest BCUT2D eigenvalue weighted by Crippen LogP contribution is -2.21. The SMILES string of the molecule is O=C1NC(=NC2CCCC2)S/C1=C\c1ccc(O)c(Br)c1. The Balaban J connectivity index is 1.77. The molecular weight excluding hydrogens is 352 g/mol. The van der Waals surface area contributed by atoms with Crippen molar-refractivity contribution in [1.29, 1.82) is 0 Å². The maximum atomic E-state index is 12.0. The zero-order valence-electron chi connectivity index (χ0n) is 11.3. The van der Waals surface area contributed by atoms with Crippen molar-refractivity contribution in [3.63, 3.8) is 0 Å². The van der Waals surface area contributed by atoms with E-state index in [2.05, 4.69) is 26.2 Å². The molecule has 0 aromatic heterocycles. The summed E-state index contributed by atoms with van der Waals surface area (Å²) in [6.45, 7) is 0. The summed E-state index contributed by atoms with van der Waals surface area (Å²) in [6.07, 6.45) is 6.49. The highest BCUT2D eigenvalue weighted by atomic mass is 79.9. The molecule has 1 aromatic carbocycles. The summed E-state index contributed by atoms with van der Waals surface area (Å²) < 4.78 is 0.611. The first-order chi connectivity index (χ1) is 10.1. The van der Waals surface area contributed by atoms with Gasteiger partial charge in [0, 0.05) is 0 Å². The first-order valence-corrected chi connectivity index (χ1v) is 8.50. The van der Waals surface area contributed by atoms with Gasteiger partial charge in [-0.25, -0.2) is 0 Å². The minimum atomic E-state index is -0.110. The van der Waals surface area contributed by atoms with E-state index < -0.39 is 0 Å². The number of nitrogens with one attached hydrogen (secondary N) is 1. The minimum absolute atomic E-state index is 0.110. The number of thioether (sulfide) groups is 1. The van der Waals surface area contributed by atoms with Crippen LogP contribution in [0, 0.1) is 0 Å². The number of carbonyl (C=O) groups excluding carboxylic acids is 1. The van der Waals surface area contributed by atoms with Gasteiger partial charge in [-0.3, -0.25) is 9.79 Å².